The van der Waals surface area contributed by atoms with Gasteiger partial charge in [0.2, 0.25) is 0 Å². The molecule has 0 saturated carbocycles. The Morgan fingerprint density at radius 2 is 2.27 bits per heavy atom. The van der Waals surface area contributed by atoms with E-state index in [0.717, 1.165) is 12.1 Å². The fourth-order valence-electron chi connectivity index (χ4n) is 3.69. The number of amides is 1. The highest BCUT2D eigenvalue weighted by atomic mass is 16.5. The van der Waals surface area contributed by atoms with Gasteiger partial charge in [0.25, 0.3) is 5.91 Å². The predicted octanol–water partition coefficient (Wildman–Crippen LogP) is 1.64. The minimum atomic E-state index is -0.0944. The van der Waals surface area contributed by atoms with Gasteiger partial charge in [0.1, 0.15) is 5.76 Å². The van der Waals surface area contributed by atoms with Crippen LogP contribution in [0.5, 0.6) is 6.01 Å². The van der Waals surface area contributed by atoms with E-state index in [2.05, 4.69) is 15.1 Å². The van der Waals surface area contributed by atoms with Crippen molar-refractivity contribution in [1.82, 2.24) is 20.0 Å². The molecule has 138 valence electrons. The smallest absolute Gasteiger partial charge is 0.316 e. The monoisotopic (exact) mass is 358 g/mol. The van der Waals surface area contributed by atoms with Gasteiger partial charge in [-0.2, -0.15) is 0 Å². The Balaban J connectivity index is 1.31. The van der Waals surface area contributed by atoms with E-state index >= 15 is 0 Å². The van der Waals surface area contributed by atoms with Crippen molar-refractivity contribution in [2.24, 2.45) is 11.8 Å². The van der Waals surface area contributed by atoms with Crippen LogP contribution >= 0.6 is 0 Å². The molecule has 0 radical (unpaired) electrons. The van der Waals surface area contributed by atoms with Gasteiger partial charge in [-0.3, -0.25) is 4.79 Å². The van der Waals surface area contributed by atoms with Gasteiger partial charge in [-0.05, 0) is 32.3 Å². The molecule has 0 spiro atoms. The highest BCUT2D eigenvalue weighted by molar-refractivity contribution is 5.92. The van der Waals surface area contributed by atoms with E-state index in [1.165, 1.54) is 0 Å². The van der Waals surface area contributed by atoms with Crippen molar-refractivity contribution in [3.05, 3.63) is 35.5 Å². The number of ether oxygens (including phenoxy) is 2. The number of hydrogen-bond donors (Lipinski definition) is 0. The van der Waals surface area contributed by atoms with Gasteiger partial charge in [0.05, 0.1) is 19.3 Å². The van der Waals surface area contributed by atoms with Crippen LogP contribution in [0.1, 0.15) is 28.4 Å². The molecule has 8 nitrogen and oxygen atoms in total. The zero-order valence-electron chi connectivity index (χ0n) is 14.9. The summed E-state index contributed by atoms with van der Waals surface area (Å²) in [6.45, 7) is 6.22. The van der Waals surface area contributed by atoms with Crippen LogP contribution in [-0.4, -0.2) is 58.3 Å². The van der Waals surface area contributed by atoms with Gasteiger partial charge in [-0.1, -0.05) is 5.16 Å². The summed E-state index contributed by atoms with van der Waals surface area (Å²) >= 11 is 0. The van der Waals surface area contributed by atoms with Gasteiger partial charge in [-0.15, -0.1) is 0 Å². The Morgan fingerprint density at radius 3 is 3.04 bits per heavy atom. The van der Waals surface area contributed by atoms with Crippen LogP contribution in [0.2, 0.25) is 0 Å². The summed E-state index contributed by atoms with van der Waals surface area (Å²) in [4.78, 5) is 22.7. The molecular weight excluding hydrogens is 336 g/mol. The van der Waals surface area contributed by atoms with E-state index in [0.29, 0.717) is 55.6 Å². The van der Waals surface area contributed by atoms with Gasteiger partial charge in [0.15, 0.2) is 5.69 Å². The van der Waals surface area contributed by atoms with Crippen molar-refractivity contribution in [2.45, 2.75) is 26.4 Å². The van der Waals surface area contributed by atoms with Crippen molar-refractivity contribution in [1.29, 1.82) is 0 Å². The average Bonchev–Trinajstić information content (AvgIpc) is 3.31. The molecule has 8 heteroatoms. The van der Waals surface area contributed by atoms with Crippen LogP contribution in [-0.2, 0) is 4.74 Å². The maximum Gasteiger partial charge on any atom is 0.316 e. The number of fused-ring (bicyclic) bond motifs is 1. The number of carbonyl (C=O) groups excluding carboxylic acids is 1. The molecule has 3 atom stereocenters. The molecule has 26 heavy (non-hydrogen) atoms. The summed E-state index contributed by atoms with van der Waals surface area (Å²) in [5.41, 5.74) is 1.24. The Labute approximate surface area is 151 Å². The molecule has 0 bridgehead atoms. The molecule has 2 saturated heterocycles. The van der Waals surface area contributed by atoms with E-state index in [1.54, 1.807) is 19.2 Å². The Kier molecular flexibility index (Phi) is 4.58. The second kappa shape index (κ2) is 7.03. The van der Waals surface area contributed by atoms with E-state index in [-0.39, 0.29) is 12.0 Å². The first-order chi connectivity index (χ1) is 12.6. The van der Waals surface area contributed by atoms with E-state index in [9.17, 15) is 4.79 Å². The molecule has 4 heterocycles. The highest BCUT2D eigenvalue weighted by Crippen LogP contribution is 2.36. The number of hydrogen-bond acceptors (Lipinski definition) is 7. The summed E-state index contributed by atoms with van der Waals surface area (Å²) in [7, 11) is 0. The second-order valence-corrected chi connectivity index (χ2v) is 6.95. The molecule has 2 aromatic heterocycles. The fourth-order valence-corrected chi connectivity index (χ4v) is 3.69. The van der Waals surface area contributed by atoms with Crippen molar-refractivity contribution in [3.63, 3.8) is 0 Å². The highest BCUT2D eigenvalue weighted by Gasteiger charge is 2.45. The lowest BCUT2D eigenvalue weighted by Crippen LogP contribution is -2.31. The molecule has 0 N–H and O–H groups in total. The number of likely N-dealkylation sites (tertiary alicyclic amines) is 1. The van der Waals surface area contributed by atoms with Gasteiger partial charge >= 0.3 is 6.01 Å². The van der Waals surface area contributed by atoms with Crippen LogP contribution in [0.4, 0.5) is 0 Å². The summed E-state index contributed by atoms with van der Waals surface area (Å²) in [6.07, 6.45) is 2.63. The Morgan fingerprint density at radius 1 is 1.38 bits per heavy atom. The minimum Gasteiger partial charge on any atom is -0.463 e. The molecule has 1 amide bonds. The zero-order valence-corrected chi connectivity index (χ0v) is 14.9. The lowest BCUT2D eigenvalue weighted by Gasteiger charge is -2.19. The minimum absolute atomic E-state index is 0.0900. The maximum absolute atomic E-state index is 12.5. The number of rotatable bonds is 5. The van der Waals surface area contributed by atoms with Gasteiger partial charge in [-0.25, -0.2) is 9.97 Å². The number of carbonyl (C=O) groups is 1. The van der Waals surface area contributed by atoms with Crippen LogP contribution < -0.4 is 4.74 Å². The number of aryl methyl sites for hydroxylation is 2. The van der Waals surface area contributed by atoms with Crippen LogP contribution in [0, 0.1) is 25.7 Å². The van der Waals surface area contributed by atoms with E-state index in [1.807, 2.05) is 17.9 Å². The summed E-state index contributed by atoms with van der Waals surface area (Å²) in [5, 5.41) is 3.82. The van der Waals surface area contributed by atoms with Crippen molar-refractivity contribution in [3.8, 4) is 6.01 Å². The van der Waals surface area contributed by atoms with Crippen molar-refractivity contribution in [2.75, 3.05) is 26.3 Å². The van der Waals surface area contributed by atoms with Crippen LogP contribution in [0.3, 0.4) is 0 Å². The number of nitrogens with zero attached hydrogens (tertiary/aromatic N) is 4. The molecular formula is C18H22N4O4. The first kappa shape index (κ1) is 17.0. The van der Waals surface area contributed by atoms with Gasteiger partial charge < -0.3 is 18.9 Å². The normalized spacial score (nSPS) is 24.7. The maximum atomic E-state index is 12.5. The third-order valence-corrected chi connectivity index (χ3v) is 5.07. The number of aromatic nitrogens is 3. The average molecular weight is 358 g/mol. The predicted molar refractivity (Wildman–Crippen MR) is 90.7 cm³/mol. The third kappa shape index (κ3) is 3.41. The molecule has 2 aliphatic heterocycles. The summed E-state index contributed by atoms with van der Waals surface area (Å²) in [6, 6.07) is 3.91. The molecule has 4 rings (SSSR count). The Bertz CT molecular complexity index is 793. The standard InChI is InChI=1S/C18H22N4O4/c1-11-3-5-19-18(20-11)24-6-4-13-10-25-16-9-22(8-14(13)16)17(23)15-7-12(2)26-21-15/h3,5,7,13-14,16H,4,6,8-10H2,1-2H3/t13-,14-,16-/m0/s1. The van der Waals surface area contributed by atoms with Crippen molar-refractivity contribution >= 4 is 5.91 Å². The van der Waals surface area contributed by atoms with Crippen LogP contribution in [0.25, 0.3) is 0 Å². The summed E-state index contributed by atoms with van der Waals surface area (Å²) < 4.78 is 16.6. The molecule has 0 unspecified atom stereocenters. The lowest BCUT2D eigenvalue weighted by molar-refractivity contribution is 0.0663. The second-order valence-electron chi connectivity index (χ2n) is 6.95. The zero-order chi connectivity index (χ0) is 18.1. The molecule has 2 aromatic rings. The van der Waals surface area contributed by atoms with E-state index in [4.69, 9.17) is 14.0 Å². The third-order valence-electron chi connectivity index (χ3n) is 5.07. The molecule has 0 aromatic carbocycles. The topological polar surface area (TPSA) is 90.6 Å². The molecule has 2 aliphatic rings. The SMILES string of the molecule is Cc1ccnc(OCC[C@H]2CO[C@H]3CN(C(=O)c4cc(C)on4)C[C@@H]23)n1. The fraction of sp³-hybridized carbons (Fsp3) is 0.556. The quantitative estimate of drug-likeness (QED) is 0.802. The van der Waals surface area contributed by atoms with Crippen molar-refractivity contribution < 1.29 is 18.8 Å². The molecule has 0 aliphatic carbocycles. The van der Waals surface area contributed by atoms with E-state index < -0.39 is 0 Å². The molecule has 2 fully saturated rings. The van der Waals surface area contributed by atoms with Gasteiger partial charge in [0, 0.05) is 37.0 Å². The lowest BCUT2D eigenvalue weighted by atomic mass is 9.91. The summed E-state index contributed by atoms with van der Waals surface area (Å²) in [5.74, 6) is 1.23. The first-order valence-corrected chi connectivity index (χ1v) is 8.87. The van der Waals surface area contributed by atoms with Crippen LogP contribution in [0.15, 0.2) is 22.9 Å². The first-order valence-electron chi connectivity index (χ1n) is 8.87. The Hall–Kier alpha value is -2.48. The largest absolute Gasteiger partial charge is 0.463 e.